The molecule has 0 aromatic carbocycles. The molecule has 0 aromatic heterocycles. The van der Waals surface area contributed by atoms with Crippen LogP contribution in [0.1, 0.15) is 19.3 Å². The van der Waals surface area contributed by atoms with Gasteiger partial charge in [-0.05, 0) is 0 Å². The van der Waals surface area contributed by atoms with Gasteiger partial charge in [0.2, 0.25) is 0 Å². The number of allylic oxidation sites excluding steroid dienone is 9. The Morgan fingerprint density at radius 1 is 0.560 bits per heavy atom. The van der Waals surface area contributed by atoms with Gasteiger partial charge in [0.05, 0.1) is 0 Å². The molecule has 0 atom stereocenters. The van der Waals surface area contributed by atoms with E-state index in [1.807, 2.05) is 0 Å². The zero-order chi connectivity index (χ0) is 18.1. The molecule has 0 N–H and O–H groups in total. The molecule has 0 bridgehead atoms. The van der Waals surface area contributed by atoms with Crippen LogP contribution in [0.5, 0.6) is 0 Å². The first-order valence-electron chi connectivity index (χ1n) is 9.01. The topological polar surface area (TPSA) is 9.72 Å². The monoisotopic (exact) mass is 414 g/mol. The van der Waals surface area contributed by atoms with E-state index in [9.17, 15) is 0 Å². The molecule has 4 heteroatoms. The Morgan fingerprint density at radius 2 is 0.840 bits per heavy atom. The van der Waals surface area contributed by atoms with E-state index in [1.54, 1.807) is 9.84 Å². The minimum absolute atomic E-state index is 1.14. The first-order valence-corrected chi connectivity index (χ1v) is 12.7. The maximum atomic E-state index is 2.36. The van der Waals surface area contributed by atoms with Crippen molar-refractivity contribution in [3.05, 3.63) is 63.4 Å². The van der Waals surface area contributed by atoms with Crippen LogP contribution in [-0.2, 0) is 21.8 Å². The van der Waals surface area contributed by atoms with Gasteiger partial charge in [0.25, 0.3) is 0 Å². The molecule has 25 heavy (non-hydrogen) atoms. The molecule has 0 saturated carbocycles. The molecular formula is C21H30N3Zr. The van der Waals surface area contributed by atoms with Crippen LogP contribution in [0.4, 0.5) is 0 Å². The SMILES string of the molecule is CN(C)C1=[C]([Zr]([C]2=C(N(C)C)C=CC2)[C]2=C(N(C)C)C=CC2)CC=C1. The van der Waals surface area contributed by atoms with Crippen LogP contribution < -0.4 is 0 Å². The van der Waals surface area contributed by atoms with Gasteiger partial charge in [-0.15, -0.1) is 0 Å². The molecule has 0 spiro atoms. The molecule has 0 amide bonds. The Balaban J connectivity index is 2.17. The summed E-state index contributed by atoms with van der Waals surface area (Å²) in [6.07, 6.45) is 17.5. The fourth-order valence-corrected chi connectivity index (χ4v) is 13.2. The third-order valence-corrected chi connectivity index (χ3v) is 12.9. The first-order chi connectivity index (χ1) is 11.9. The Bertz CT molecular complexity index is 630. The van der Waals surface area contributed by atoms with Gasteiger partial charge in [-0.2, -0.15) is 0 Å². The number of nitrogens with zero attached hydrogens (tertiary/aromatic N) is 3. The van der Waals surface area contributed by atoms with Gasteiger partial charge < -0.3 is 0 Å². The Morgan fingerprint density at radius 3 is 1.08 bits per heavy atom. The van der Waals surface area contributed by atoms with Crippen molar-refractivity contribution in [1.29, 1.82) is 0 Å². The summed E-state index contributed by atoms with van der Waals surface area (Å²) in [7, 11) is 13.1. The number of likely N-dealkylation sites (N-methyl/N-ethyl adjacent to an activating group) is 3. The fourth-order valence-electron chi connectivity index (χ4n) is 3.97. The van der Waals surface area contributed by atoms with E-state index in [1.165, 1.54) is 17.1 Å². The summed E-state index contributed by atoms with van der Waals surface area (Å²) in [5, 5.41) is 0. The predicted octanol–water partition coefficient (Wildman–Crippen LogP) is 3.80. The quantitative estimate of drug-likeness (QED) is 0.653. The Hall–Kier alpha value is -1.28. The second-order valence-electron chi connectivity index (χ2n) is 7.47. The average molecular weight is 416 g/mol. The van der Waals surface area contributed by atoms with E-state index in [0.29, 0.717) is 0 Å². The van der Waals surface area contributed by atoms with Crippen molar-refractivity contribution in [3.63, 3.8) is 0 Å². The number of hydrogen-bond acceptors (Lipinski definition) is 3. The van der Waals surface area contributed by atoms with Crippen LogP contribution in [-0.4, -0.2) is 57.0 Å². The molecular weight excluding hydrogens is 385 g/mol. The summed E-state index contributed by atoms with van der Waals surface area (Å²) >= 11 is -2.15. The molecule has 0 saturated heterocycles. The summed E-state index contributed by atoms with van der Waals surface area (Å²) in [6.45, 7) is 0. The number of rotatable bonds is 6. The maximum absolute atomic E-state index is 2.36. The Labute approximate surface area is 161 Å². The van der Waals surface area contributed by atoms with Crippen molar-refractivity contribution in [3.8, 4) is 0 Å². The zero-order valence-corrected chi connectivity index (χ0v) is 18.9. The average Bonchev–Trinajstić information content (AvgIpc) is 3.28. The second kappa shape index (κ2) is 7.54. The van der Waals surface area contributed by atoms with Gasteiger partial charge in [0.15, 0.2) is 0 Å². The third-order valence-electron chi connectivity index (χ3n) is 5.07. The summed E-state index contributed by atoms with van der Waals surface area (Å²) in [5.41, 5.74) is 4.39. The molecule has 3 rings (SSSR count). The van der Waals surface area contributed by atoms with E-state index in [4.69, 9.17) is 0 Å². The van der Waals surface area contributed by atoms with E-state index in [0.717, 1.165) is 19.3 Å². The zero-order valence-electron chi connectivity index (χ0n) is 16.4. The van der Waals surface area contributed by atoms with Gasteiger partial charge in [-0.25, -0.2) is 0 Å². The van der Waals surface area contributed by atoms with Gasteiger partial charge in [-0.1, -0.05) is 0 Å². The normalized spacial score (nSPS) is 19.0. The van der Waals surface area contributed by atoms with Crippen molar-refractivity contribution in [2.24, 2.45) is 0 Å². The molecule has 3 aliphatic rings. The molecule has 0 heterocycles. The number of hydrogen-bond donors (Lipinski definition) is 0. The fraction of sp³-hybridized carbons (Fsp3) is 0.429. The summed E-state index contributed by atoms with van der Waals surface area (Å²) in [5.74, 6) is 0. The van der Waals surface area contributed by atoms with Crippen molar-refractivity contribution >= 4 is 0 Å². The van der Waals surface area contributed by atoms with Crippen LogP contribution in [0.2, 0.25) is 0 Å². The van der Waals surface area contributed by atoms with Crippen LogP contribution >= 0.6 is 0 Å². The van der Waals surface area contributed by atoms with Crippen LogP contribution in [0.25, 0.3) is 0 Å². The van der Waals surface area contributed by atoms with Crippen LogP contribution in [0, 0.1) is 0 Å². The summed E-state index contributed by atoms with van der Waals surface area (Å²) < 4.78 is 5.22. The Kier molecular flexibility index (Phi) is 5.58. The molecule has 0 aliphatic heterocycles. The van der Waals surface area contributed by atoms with Crippen molar-refractivity contribution in [2.45, 2.75) is 19.3 Å². The standard InChI is InChI=1S/3C7H10N.Zr/c3*1-8(2)7-5-3-4-6-7;/h3*3,5H,4H2,1-2H3;. The molecule has 0 radical (unpaired) electrons. The van der Waals surface area contributed by atoms with Gasteiger partial charge in [0, 0.05) is 0 Å². The summed E-state index contributed by atoms with van der Waals surface area (Å²) in [4.78, 5) is 6.95. The minimum atomic E-state index is -2.15. The van der Waals surface area contributed by atoms with Crippen molar-refractivity contribution in [1.82, 2.24) is 14.7 Å². The third kappa shape index (κ3) is 3.51. The molecule has 3 aliphatic carbocycles. The van der Waals surface area contributed by atoms with Gasteiger partial charge >= 0.3 is 161 Å². The second-order valence-corrected chi connectivity index (χ2v) is 13.8. The van der Waals surface area contributed by atoms with Gasteiger partial charge in [0.1, 0.15) is 0 Å². The van der Waals surface area contributed by atoms with E-state index in [2.05, 4.69) is 93.4 Å². The van der Waals surface area contributed by atoms with Crippen LogP contribution in [0.15, 0.2) is 63.4 Å². The van der Waals surface area contributed by atoms with E-state index >= 15 is 0 Å². The van der Waals surface area contributed by atoms with E-state index in [-0.39, 0.29) is 0 Å². The van der Waals surface area contributed by atoms with Gasteiger partial charge in [-0.3, -0.25) is 0 Å². The predicted molar refractivity (Wildman–Crippen MR) is 103 cm³/mol. The first kappa shape index (κ1) is 18.5. The summed E-state index contributed by atoms with van der Waals surface area (Å²) in [6, 6.07) is 0. The van der Waals surface area contributed by atoms with Crippen LogP contribution in [0.3, 0.4) is 0 Å². The molecule has 0 fully saturated rings. The molecule has 3 nitrogen and oxygen atoms in total. The molecule has 133 valence electrons. The molecule has 0 unspecified atom stereocenters. The van der Waals surface area contributed by atoms with Crippen molar-refractivity contribution in [2.75, 3.05) is 42.3 Å². The van der Waals surface area contributed by atoms with Crippen molar-refractivity contribution < 1.29 is 21.8 Å². The van der Waals surface area contributed by atoms with E-state index < -0.39 is 21.8 Å². The molecule has 0 aromatic rings.